The minimum atomic E-state index is -0.463. The highest BCUT2D eigenvalue weighted by Gasteiger charge is 2.36. The van der Waals surface area contributed by atoms with E-state index in [0.29, 0.717) is 17.4 Å². The number of hydrogen-bond acceptors (Lipinski definition) is 3. The third kappa shape index (κ3) is 4.08. The molecular formula is C23H24ClFN2O2S. The molecule has 158 valence electrons. The average Bonchev–Trinajstić information content (AvgIpc) is 3.15. The highest BCUT2D eigenvalue weighted by atomic mass is 35.5. The van der Waals surface area contributed by atoms with E-state index in [4.69, 9.17) is 11.6 Å². The monoisotopic (exact) mass is 446 g/mol. The summed E-state index contributed by atoms with van der Waals surface area (Å²) in [6.45, 7) is 4.40. The van der Waals surface area contributed by atoms with Crippen LogP contribution in [0.3, 0.4) is 0 Å². The maximum Gasteiger partial charge on any atom is 0.293 e. The Morgan fingerprint density at radius 2 is 1.90 bits per heavy atom. The molecule has 2 fully saturated rings. The van der Waals surface area contributed by atoms with E-state index in [1.807, 2.05) is 24.5 Å². The van der Waals surface area contributed by atoms with Gasteiger partial charge < -0.3 is 4.57 Å². The van der Waals surface area contributed by atoms with E-state index in [2.05, 4.69) is 0 Å². The largest absolute Gasteiger partial charge is 0.318 e. The van der Waals surface area contributed by atoms with Gasteiger partial charge in [0.1, 0.15) is 5.82 Å². The maximum atomic E-state index is 13.5. The summed E-state index contributed by atoms with van der Waals surface area (Å²) >= 11 is 6.96. The van der Waals surface area contributed by atoms with Crippen LogP contribution >= 0.6 is 23.4 Å². The van der Waals surface area contributed by atoms with Crippen LogP contribution in [-0.2, 0) is 4.79 Å². The number of hydrogen-bond donors (Lipinski definition) is 0. The lowest BCUT2D eigenvalue weighted by Crippen LogP contribution is -2.34. The van der Waals surface area contributed by atoms with Crippen LogP contribution in [0.15, 0.2) is 29.2 Å². The number of imide groups is 1. The van der Waals surface area contributed by atoms with Crippen molar-refractivity contribution in [1.29, 1.82) is 0 Å². The van der Waals surface area contributed by atoms with Crippen molar-refractivity contribution in [1.82, 2.24) is 9.47 Å². The Hall–Kier alpha value is -2.05. The van der Waals surface area contributed by atoms with E-state index in [1.165, 1.54) is 30.2 Å². The molecule has 1 aliphatic carbocycles. The van der Waals surface area contributed by atoms with Gasteiger partial charge in [0.15, 0.2) is 0 Å². The highest BCUT2D eigenvalue weighted by Crippen LogP contribution is 2.36. The van der Waals surface area contributed by atoms with E-state index >= 15 is 0 Å². The van der Waals surface area contributed by atoms with Gasteiger partial charge >= 0.3 is 0 Å². The molecule has 7 heteroatoms. The zero-order valence-electron chi connectivity index (χ0n) is 17.1. The van der Waals surface area contributed by atoms with Crippen molar-refractivity contribution in [3.63, 3.8) is 0 Å². The Kier molecular flexibility index (Phi) is 6.07. The first-order valence-electron chi connectivity index (χ1n) is 10.2. The normalized spacial score (nSPS) is 19.3. The third-order valence-corrected chi connectivity index (χ3v) is 7.15. The Bertz CT molecular complexity index is 1040. The number of aryl methyl sites for hydroxylation is 1. The molecule has 0 bridgehead atoms. The van der Waals surface area contributed by atoms with E-state index in [0.717, 1.165) is 47.2 Å². The Labute approximate surface area is 185 Å². The van der Waals surface area contributed by atoms with Crippen LogP contribution in [0.25, 0.3) is 11.8 Å². The number of halogens is 2. The van der Waals surface area contributed by atoms with Crippen LogP contribution in [0.4, 0.5) is 9.18 Å². The number of carbonyl (C=O) groups excluding carboxylic acids is 2. The van der Waals surface area contributed by atoms with Gasteiger partial charge in [-0.2, -0.15) is 0 Å². The van der Waals surface area contributed by atoms with Crippen LogP contribution in [0, 0.1) is 25.6 Å². The fourth-order valence-electron chi connectivity index (χ4n) is 4.38. The number of carbonyl (C=O) groups is 2. The molecular weight excluding hydrogens is 423 g/mol. The smallest absolute Gasteiger partial charge is 0.293 e. The SMILES string of the molecule is Cc1cc(/C=C2/SC(=O)N(CC3CCCCC3)C2=O)c(C)n1-c1ccc(F)c(Cl)c1. The standard InChI is InChI=1S/C23H24ClFN2O2S/c1-14-10-17(15(2)27(14)18-8-9-20(25)19(24)12-18)11-21-22(28)26(23(29)30-21)13-16-6-4-3-5-7-16/h8-12,16H,3-7,13H2,1-2H3/b21-11+. The summed E-state index contributed by atoms with van der Waals surface area (Å²) in [5.41, 5.74) is 3.44. The molecule has 1 aromatic carbocycles. The second-order valence-corrected chi connectivity index (χ2v) is 9.46. The predicted octanol–water partition coefficient (Wildman–Crippen LogP) is 6.50. The second-order valence-electron chi connectivity index (χ2n) is 8.06. The first-order valence-corrected chi connectivity index (χ1v) is 11.4. The van der Waals surface area contributed by atoms with Crippen molar-refractivity contribution >= 4 is 40.6 Å². The van der Waals surface area contributed by atoms with Crippen molar-refractivity contribution < 1.29 is 14.0 Å². The van der Waals surface area contributed by atoms with E-state index in [9.17, 15) is 14.0 Å². The van der Waals surface area contributed by atoms with Crippen LogP contribution in [0.5, 0.6) is 0 Å². The summed E-state index contributed by atoms with van der Waals surface area (Å²) in [5.74, 6) is -0.250. The van der Waals surface area contributed by atoms with Gasteiger partial charge in [-0.25, -0.2) is 4.39 Å². The highest BCUT2D eigenvalue weighted by molar-refractivity contribution is 8.18. The van der Waals surface area contributed by atoms with Crippen molar-refractivity contribution in [3.8, 4) is 5.69 Å². The van der Waals surface area contributed by atoms with Gasteiger partial charge in [-0.05, 0) is 80.3 Å². The van der Waals surface area contributed by atoms with Gasteiger partial charge in [-0.3, -0.25) is 14.5 Å². The summed E-state index contributed by atoms with van der Waals surface area (Å²) in [5, 5.41) is -0.124. The molecule has 0 unspecified atom stereocenters. The summed E-state index contributed by atoms with van der Waals surface area (Å²) in [6, 6.07) is 6.55. The lowest BCUT2D eigenvalue weighted by atomic mass is 9.89. The number of thioether (sulfide) groups is 1. The first-order chi connectivity index (χ1) is 14.3. The van der Waals surface area contributed by atoms with Crippen molar-refractivity contribution in [3.05, 3.63) is 57.0 Å². The van der Waals surface area contributed by atoms with Crippen molar-refractivity contribution in [2.24, 2.45) is 5.92 Å². The molecule has 0 atom stereocenters. The number of amides is 2. The summed E-state index contributed by atoms with van der Waals surface area (Å²) in [7, 11) is 0. The Morgan fingerprint density at radius 3 is 2.60 bits per heavy atom. The van der Waals surface area contributed by atoms with E-state index in [-0.39, 0.29) is 16.2 Å². The molecule has 1 saturated carbocycles. The molecule has 1 aliphatic heterocycles. The van der Waals surface area contributed by atoms with Gasteiger partial charge in [0.25, 0.3) is 11.1 Å². The van der Waals surface area contributed by atoms with Gasteiger partial charge in [0.2, 0.25) is 0 Å². The summed E-state index contributed by atoms with van der Waals surface area (Å²) < 4.78 is 15.5. The summed E-state index contributed by atoms with van der Waals surface area (Å²) in [6.07, 6.45) is 7.56. The summed E-state index contributed by atoms with van der Waals surface area (Å²) in [4.78, 5) is 27.2. The molecule has 2 amide bonds. The minimum absolute atomic E-state index is 0.0605. The topological polar surface area (TPSA) is 42.3 Å². The zero-order valence-corrected chi connectivity index (χ0v) is 18.7. The lowest BCUT2D eigenvalue weighted by molar-refractivity contribution is -0.123. The first kappa shape index (κ1) is 21.2. The van der Waals surface area contributed by atoms with Crippen LogP contribution in [-0.4, -0.2) is 27.2 Å². The van der Waals surface area contributed by atoms with Crippen LogP contribution in [0.1, 0.15) is 49.1 Å². The molecule has 30 heavy (non-hydrogen) atoms. The fourth-order valence-corrected chi connectivity index (χ4v) is 5.40. The quantitative estimate of drug-likeness (QED) is 0.503. The van der Waals surface area contributed by atoms with Gasteiger partial charge in [-0.15, -0.1) is 0 Å². The molecule has 0 N–H and O–H groups in total. The number of nitrogens with zero attached hydrogens (tertiary/aromatic N) is 2. The van der Waals surface area contributed by atoms with E-state index < -0.39 is 5.82 Å². The van der Waals surface area contributed by atoms with Crippen LogP contribution < -0.4 is 0 Å². The minimum Gasteiger partial charge on any atom is -0.318 e. The van der Waals surface area contributed by atoms with Gasteiger partial charge in [0.05, 0.1) is 9.93 Å². The van der Waals surface area contributed by atoms with Crippen LogP contribution in [0.2, 0.25) is 5.02 Å². The Morgan fingerprint density at radius 1 is 1.17 bits per heavy atom. The average molecular weight is 447 g/mol. The fraction of sp³-hybridized carbons (Fsp3) is 0.391. The molecule has 4 rings (SSSR count). The van der Waals surface area contributed by atoms with E-state index in [1.54, 1.807) is 18.2 Å². The zero-order chi connectivity index (χ0) is 21.4. The predicted molar refractivity (Wildman–Crippen MR) is 119 cm³/mol. The second kappa shape index (κ2) is 8.60. The Balaban J connectivity index is 1.59. The molecule has 1 aromatic heterocycles. The molecule has 4 nitrogen and oxygen atoms in total. The molecule has 0 spiro atoms. The molecule has 0 radical (unpaired) electrons. The van der Waals surface area contributed by atoms with Crippen molar-refractivity contribution in [2.75, 3.05) is 6.54 Å². The number of benzene rings is 1. The maximum absolute atomic E-state index is 13.5. The molecule has 2 aromatic rings. The molecule has 2 aliphatic rings. The number of aromatic nitrogens is 1. The molecule has 2 heterocycles. The van der Waals surface area contributed by atoms with Crippen molar-refractivity contribution in [2.45, 2.75) is 46.0 Å². The third-order valence-electron chi connectivity index (χ3n) is 5.96. The van der Waals surface area contributed by atoms with Gasteiger partial charge in [0, 0.05) is 23.6 Å². The number of rotatable bonds is 4. The van der Waals surface area contributed by atoms with Gasteiger partial charge in [-0.1, -0.05) is 30.9 Å². The lowest BCUT2D eigenvalue weighted by Gasteiger charge is -2.25. The molecule has 1 saturated heterocycles.